The topological polar surface area (TPSA) is 60.6 Å². The van der Waals surface area contributed by atoms with Gasteiger partial charge in [-0.2, -0.15) is 13.0 Å². The van der Waals surface area contributed by atoms with Gasteiger partial charge in [0.1, 0.15) is 11.4 Å². The number of unbranched alkanes of at least 4 members (excludes halogenated alkanes) is 16. The van der Waals surface area contributed by atoms with E-state index in [1.54, 1.807) is 12.1 Å². The highest BCUT2D eigenvalue weighted by Gasteiger charge is 2.23. The van der Waals surface area contributed by atoms with Crippen molar-refractivity contribution < 1.29 is 17.5 Å². The van der Waals surface area contributed by atoms with E-state index in [9.17, 15) is 13.0 Å². The van der Waals surface area contributed by atoms with Gasteiger partial charge in [-0.05, 0) is 102 Å². The number of nitrogens with zero attached hydrogens (tertiary/aromatic N) is 2. The normalized spacial score (nSPS) is 12.6. The van der Waals surface area contributed by atoms with Crippen molar-refractivity contribution in [2.75, 3.05) is 18.0 Å². The zero-order valence-corrected chi connectivity index (χ0v) is 41.4. The molecule has 65 heavy (non-hydrogen) atoms. The van der Waals surface area contributed by atoms with E-state index in [4.69, 9.17) is 0 Å². The molecule has 1 aliphatic carbocycles. The summed E-state index contributed by atoms with van der Waals surface area (Å²) < 4.78 is 38.6. The van der Waals surface area contributed by atoms with E-state index in [0.717, 1.165) is 79.7 Å². The molecule has 0 heterocycles. The predicted molar refractivity (Wildman–Crippen MR) is 279 cm³/mol. The molecule has 4 aromatic carbocycles. The van der Waals surface area contributed by atoms with Crippen molar-refractivity contribution in [1.82, 2.24) is 0 Å². The minimum Gasteiger partial charge on any atom is -0.341 e. The molecular formula is C59H81N2O3S+. The van der Waals surface area contributed by atoms with Crippen LogP contribution in [-0.2, 0) is 23.0 Å². The molecule has 1 N–H and O–H groups in total. The zero-order chi connectivity index (χ0) is 46.1. The maximum Gasteiger partial charge on any atom is 0.295 e. The summed E-state index contributed by atoms with van der Waals surface area (Å²) in [6.07, 6.45) is 36.3. The van der Waals surface area contributed by atoms with Gasteiger partial charge in [-0.1, -0.05) is 185 Å². The number of anilines is 2. The molecule has 1 aliphatic rings. The minimum atomic E-state index is -4.50. The molecule has 0 saturated heterocycles. The number of rotatable bonds is 30. The van der Waals surface area contributed by atoms with Crippen molar-refractivity contribution in [3.63, 3.8) is 0 Å². The van der Waals surface area contributed by atoms with E-state index >= 15 is 0 Å². The van der Waals surface area contributed by atoms with Crippen LogP contribution in [0.3, 0.4) is 0 Å². The van der Waals surface area contributed by atoms with Crippen LogP contribution in [0.25, 0.3) is 5.57 Å². The highest BCUT2D eigenvalue weighted by Crippen LogP contribution is 2.36. The zero-order valence-electron chi connectivity index (χ0n) is 40.6. The van der Waals surface area contributed by atoms with E-state index in [1.807, 2.05) is 6.07 Å². The Bertz CT molecular complexity index is 2210. The fourth-order valence-electron chi connectivity index (χ4n) is 9.05. The van der Waals surface area contributed by atoms with Gasteiger partial charge in [-0.25, -0.2) is 0 Å². The molecule has 0 bridgehead atoms. The number of benzene rings is 4. The van der Waals surface area contributed by atoms with Crippen LogP contribution in [0.15, 0.2) is 132 Å². The van der Waals surface area contributed by atoms with Gasteiger partial charge in [0.15, 0.2) is 0 Å². The van der Waals surface area contributed by atoms with Crippen LogP contribution < -0.4 is 4.90 Å². The lowest BCUT2D eigenvalue weighted by atomic mass is 9.90. The number of allylic oxidation sites excluding steroid dienone is 5. The lowest BCUT2D eigenvalue weighted by Crippen LogP contribution is -2.18. The molecule has 0 aliphatic heterocycles. The van der Waals surface area contributed by atoms with Crippen LogP contribution in [0, 0.1) is 0 Å². The summed E-state index contributed by atoms with van der Waals surface area (Å²) in [7, 11) is -4.50. The largest absolute Gasteiger partial charge is 0.341 e. The number of hydrogen-bond acceptors (Lipinski definition) is 3. The quantitative estimate of drug-likeness (QED) is 0.0322. The molecule has 5 nitrogen and oxygen atoms in total. The Labute approximate surface area is 395 Å². The van der Waals surface area contributed by atoms with Crippen LogP contribution in [0.2, 0.25) is 0 Å². The maximum absolute atomic E-state index is 12.9. The molecule has 5 rings (SSSR count). The average Bonchev–Trinajstić information content (AvgIpc) is 3.32. The molecule has 0 radical (unpaired) electrons. The Morgan fingerprint density at radius 3 is 1.48 bits per heavy atom. The standard InChI is InChI=1S/C59H80N2O3S/c1-5-9-13-15-17-19-21-23-27-49-31-39-53(40-32-49)60(47-11-7-3)55-43-35-51(36-44-55)59(57-29-25-26-30-58(57)65(62,63)64)52-37-45-56(46-38-52)61(48-12-8-4)54-41-33-50(34-42-54)28-24-22-20-18-16-14-10-6-2/h25-26,29-46H,5-24,27-28,47-48H2,1-4H3/p+1. The first-order valence-corrected chi connectivity index (χ1v) is 27.1. The Kier molecular flexibility index (Phi) is 22.6. The fraction of sp³-hybridized carbons (Fsp3) is 0.475. The summed E-state index contributed by atoms with van der Waals surface area (Å²) in [6.45, 7) is 10.8. The van der Waals surface area contributed by atoms with E-state index < -0.39 is 10.1 Å². The first-order valence-electron chi connectivity index (χ1n) is 25.6. The number of hydrogen-bond donors (Lipinski definition) is 1. The first-order chi connectivity index (χ1) is 31.8. The summed E-state index contributed by atoms with van der Waals surface area (Å²) in [5, 5.41) is 0. The van der Waals surface area contributed by atoms with Gasteiger partial charge in [0.2, 0.25) is 11.4 Å². The van der Waals surface area contributed by atoms with Crippen molar-refractivity contribution >= 4 is 38.5 Å². The Balaban J connectivity index is 1.39. The second-order valence-electron chi connectivity index (χ2n) is 18.2. The highest BCUT2D eigenvalue weighted by molar-refractivity contribution is 7.86. The highest BCUT2D eigenvalue weighted by atomic mass is 32.2. The summed E-state index contributed by atoms with van der Waals surface area (Å²) in [5.41, 5.74) is 10.3. The van der Waals surface area contributed by atoms with Crippen LogP contribution in [0.4, 0.5) is 17.1 Å². The summed E-state index contributed by atoms with van der Waals surface area (Å²) in [6, 6.07) is 33.5. The molecule has 0 spiro atoms. The molecule has 0 aromatic heterocycles. The van der Waals surface area contributed by atoms with E-state index in [0.29, 0.717) is 5.56 Å². The van der Waals surface area contributed by atoms with Crippen molar-refractivity contribution in [3.8, 4) is 0 Å². The molecule has 0 fully saturated rings. The first kappa shape index (κ1) is 51.5. The SMILES string of the molecule is CCCCCCCCCCc1ccc(N(CCCC)c2ccc(C(=C3C=CC(=[N+](CCCC)c4ccc(CCCCCCCCCC)cc4)C=C3)c3ccccc3S(=O)(=O)O)cc2)cc1. The van der Waals surface area contributed by atoms with Crippen molar-refractivity contribution in [2.45, 2.75) is 174 Å². The van der Waals surface area contributed by atoms with Crippen LogP contribution >= 0.6 is 0 Å². The molecular weight excluding hydrogens is 817 g/mol. The van der Waals surface area contributed by atoms with E-state index in [1.165, 1.54) is 131 Å². The molecule has 6 heteroatoms. The lowest BCUT2D eigenvalue weighted by Gasteiger charge is -2.26. The van der Waals surface area contributed by atoms with Crippen LogP contribution in [-0.4, -0.2) is 36.3 Å². The Morgan fingerprint density at radius 1 is 0.508 bits per heavy atom. The van der Waals surface area contributed by atoms with Crippen molar-refractivity contribution in [1.29, 1.82) is 0 Å². The molecule has 350 valence electrons. The van der Waals surface area contributed by atoms with Gasteiger partial charge in [-0.15, -0.1) is 0 Å². The lowest BCUT2D eigenvalue weighted by molar-refractivity contribution is -0.439. The number of aryl methyl sites for hydroxylation is 2. The Morgan fingerprint density at radius 2 is 0.969 bits per heavy atom. The molecule has 4 aromatic rings. The Hall–Kier alpha value is -4.52. The summed E-state index contributed by atoms with van der Waals surface area (Å²) >= 11 is 0. The average molecular weight is 898 g/mol. The minimum absolute atomic E-state index is 0.101. The van der Waals surface area contributed by atoms with Gasteiger partial charge >= 0.3 is 0 Å². The fourth-order valence-corrected chi connectivity index (χ4v) is 9.75. The molecule has 0 saturated carbocycles. The van der Waals surface area contributed by atoms with Gasteiger partial charge in [0.05, 0.1) is 0 Å². The molecule has 0 amide bonds. The van der Waals surface area contributed by atoms with Gasteiger partial charge in [0.25, 0.3) is 10.1 Å². The second kappa shape index (κ2) is 28.5. The van der Waals surface area contributed by atoms with Crippen molar-refractivity contribution in [2.24, 2.45) is 0 Å². The van der Waals surface area contributed by atoms with Gasteiger partial charge in [-0.3, -0.25) is 4.55 Å². The smallest absolute Gasteiger partial charge is 0.295 e. The molecule has 0 atom stereocenters. The summed E-state index contributed by atoms with van der Waals surface area (Å²) in [5.74, 6) is 0. The maximum atomic E-state index is 12.9. The third kappa shape index (κ3) is 16.7. The second-order valence-corrected chi connectivity index (χ2v) is 19.6. The third-order valence-corrected chi connectivity index (χ3v) is 13.9. The van der Waals surface area contributed by atoms with E-state index in [-0.39, 0.29) is 4.90 Å². The molecule has 0 unspecified atom stereocenters. The summed E-state index contributed by atoms with van der Waals surface area (Å²) in [4.78, 5) is 2.29. The monoisotopic (exact) mass is 898 g/mol. The van der Waals surface area contributed by atoms with Gasteiger partial charge in [0, 0.05) is 54.2 Å². The predicted octanol–water partition coefficient (Wildman–Crippen LogP) is 16.8. The third-order valence-electron chi connectivity index (χ3n) is 13.0. The van der Waals surface area contributed by atoms with Crippen LogP contribution in [0.5, 0.6) is 0 Å². The van der Waals surface area contributed by atoms with Crippen molar-refractivity contribution in [3.05, 3.63) is 149 Å². The van der Waals surface area contributed by atoms with Gasteiger partial charge < -0.3 is 4.90 Å². The van der Waals surface area contributed by atoms with Crippen LogP contribution in [0.1, 0.15) is 178 Å². The van der Waals surface area contributed by atoms with E-state index in [2.05, 4.69) is 134 Å².